The Morgan fingerprint density at radius 2 is 1.60 bits per heavy atom. The van der Waals surface area contributed by atoms with Gasteiger partial charge in [-0.15, -0.1) is 10.2 Å². The van der Waals surface area contributed by atoms with Gasteiger partial charge in [0.15, 0.2) is 0 Å². The fourth-order valence-electron chi connectivity index (χ4n) is 5.25. The van der Waals surface area contributed by atoms with Gasteiger partial charge >= 0.3 is 0 Å². The van der Waals surface area contributed by atoms with Crippen LogP contribution in [0.2, 0.25) is 0 Å². The van der Waals surface area contributed by atoms with E-state index in [4.69, 9.17) is 0 Å². The van der Waals surface area contributed by atoms with Gasteiger partial charge in [0.2, 0.25) is 16.2 Å². The zero-order valence-corrected chi connectivity index (χ0v) is 18.5. The number of carbonyl (C=O) groups excluding carboxylic acids is 1. The molecular formula is C22H32N6OS. The van der Waals surface area contributed by atoms with Crippen LogP contribution in [0.4, 0.5) is 5.13 Å². The minimum Gasteiger partial charge on any atom is -0.346 e. The van der Waals surface area contributed by atoms with E-state index in [1.165, 1.54) is 32.4 Å². The van der Waals surface area contributed by atoms with Crippen LogP contribution < -0.4 is 4.90 Å². The van der Waals surface area contributed by atoms with Crippen molar-refractivity contribution in [2.45, 2.75) is 51.0 Å². The first kappa shape index (κ1) is 20.0. The molecule has 0 spiro atoms. The standard InChI is InChI=1S/C22H32N6OS/c29-20(26-15-8-19(9-16-26)25-10-2-1-3-11-25)18-7-6-14-28(17-18)22-24-23-21(30-22)27-12-4-5-13-27/h4-5,12-13,18-19H,1-3,6-11,14-17H2/t18-/m1/s1. The van der Waals surface area contributed by atoms with Crippen LogP contribution in [0, 0.1) is 5.92 Å². The Balaban J connectivity index is 1.17. The molecule has 0 N–H and O–H groups in total. The average Bonchev–Trinajstić information content (AvgIpc) is 3.52. The molecule has 0 aliphatic carbocycles. The maximum atomic E-state index is 13.3. The Kier molecular flexibility index (Phi) is 6.04. The number of rotatable bonds is 4. The number of amides is 1. The summed E-state index contributed by atoms with van der Waals surface area (Å²) in [6, 6.07) is 4.67. The van der Waals surface area contributed by atoms with Crippen molar-refractivity contribution >= 4 is 22.4 Å². The molecular weight excluding hydrogens is 396 g/mol. The van der Waals surface area contributed by atoms with E-state index in [0.717, 1.165) is 62.1 Å². The van der Waals surface area contributed by atoms with Gasteiger partial charge in [0.1, 0.15) is 0 Å². The molecule has 3 aliphatic rings. The molecule has 2 aromatic rings. The average molecular weight is 429 g/mol. The Labute approximate surface area is 182 Å². The highest BCUT2D eigenvalue weighted by Crippen LogP contribution is 2.29. The molecule has 162 valence electrons. The highest BCUT2D eigenvalue weighted by atomic mass is 32.1. The molecule has 3 saturated heterocycles. The molecule has 0 radical (unpaired) electrons. The normalized spacial score (nSPS) is 24.3. The summed E-state index contributed by atoms with van der Waals surface area (Å²) in [5, 5.41) is 10.6. The topological polar surface area (TPSA) is 57.5 Å². The van der Waals surface area contributed by atoms with Gasteiger partial charge in [0.05, 0.1) is 5.92 Å². The van der Waals surface area contributed by atoms with E-state index in [2.05, 4.69) is 24.9 Å². The van der Waals surface area contributed by atoms with Crippen LogP contribution in [0.15, 0.2) is 24.5 Å². The quantitative estimate of drug-likeness (QED) is 0.749. The fraction of sp³-hybridized carbons (Fsp3) is 0.682. The van der Waals surface area contributed by atoms with E-state index in [9.17, 15) is 4.79 Å². The van der Waals surface area contributed by atoms with Gasteiger partial charge in [-0.05, 0) is 63.7 Å². The van der Waals surface area contributed by atoms with Crippen molar-refractivity contribution in [3.05, 3.63) is 24.5 Å². The maximum Gasteiger partial charge on any atom is 0.227 e. The van der Waals surface area contributed by atoms with Crippen molar-refractivity contribution < 1.29 is 4.79 Å². The second-order valence-electron chi connectivity index (χ2n) is 8.90. The first-order valence-electron chi connectivity index (χ1n) is 11.5. The zero-order chi connectivity index (χ0) is 20.3. The Morgan fingerprint density at radius 3 is 2.37 bits per heavy atom. The van der Waals surface area contributed by atoms with Crippen molar-refractivity contribution in [3.63, 3.8) is 0 Å². The van der Waals surface area contributed by atoms with Gasteiger partial charge in [-0.25, -0.2) is 0 Å². The van der Waals surface area contributed by atoms with Crippen LogP contribution in [0.5, 0.6) is 0 Å². The molecule has 5 heterocycles. The maximum absolute atomic E-state index is 13.3. The number of likely N-dealkylation sites (tertiary alicyclic amines) is 2. The zero-order valence-electron chi connectivity index (χ0n) is 17.7. The lowest BCUT2D eigenvalue weighted by Gasteiger charge is -2.42. The molecule has 0 aromatic carbocycles. The third kappa shape index (κ3) is 4.25. The minimum absolute atomic E-state index is 0.0872. The molecule has 7 nitrogen and oxygen atoms in total. The Bertz CT molecular complexity index is 823. The number of carbonyl (C=O) groups is 1. The van der Waals surface area contributed by atoms with Crippen LogP contribution >= 0.6 is 11.3 Å². The molecule has 0 bridgehead atoms. The summed E-state index contributed by atoms with van der Waals surface area (Å²) in [5.74, 6) is 0.441. The van der Waals surface area contributed by atoms with E-state index in [0.29, 0.717) is 11.9 Å². The lowest BCUT2D eigenvalue weighted by molar-refractivity contribution is -0.137. The predicted molar refractivity (Wildman–Crippen MR) is 119 cm³/mol. The summed E-state index contributed by atoms with van der Waals surface area (Å²) in [6.45, 7) is 6.08. The van der Waals surface area contributed by atoms with Gasteiger partial charge in [0.25, 0.3) is 0 Å². The summed E-state index contributed by atoms with van der Waals surface area (Å²) < 4.78 is 1.99. The number of anilines is 1. The van der Waals surface area contributed by atoms with E-state index in [1.807, 2.05) is 29.1 Å². The first-order valence-corrected chi connectivity index (χ1v) is 12.3. The van der Waals surface area contributed by atoms with Crippen LogP contribution in [-0.4, -0.2) is 75.8 Å². The van der Waals surface area contributed by atoms with Crippen LogP contribution in [0.1, 0.15) is 44.9 Å². The molecule has 3 aliphatic heterocycles. The number of hydrogen-bond donors (Lipinski definition) is 0. The van der Waals surface area contributed by atoms with Crippen LogP contribution in [0.3, 0.4) is 0 Å². The second kappa shape index (κ2) is 9.06. The number of hydrogen-bond acceptors (Lipinski definition) is 6. The van der Waals surface area contributed by atoms with Crippen molar-refractivity contribution in [1.29, 1.82) is 0 Å². The second-order valence-corrected chi connectivity index (χ2v) is 9.83. The van der Waals surface area contributed by atoms with Gasteiger partial charge in [-0.3, -0.25) is 9.36 Å². The summed E-state index contributed by atoms with van der Waals surface area (Å²) in [4.78, 5) is 20.3. The highest BCUT2D eigenvalue weighted by molar-refractivity contribution is 7.17. The van der Waals surface area contributed by atoms with Gasteiger partial charge < -0.3 is 14.7 Å². The lowest BCUT2D eigenvalue weighted by atomic mass is 9.94. The Hall–Kier alpha value is -1.93. The van der Waals surface area contributed by atoms with Crippen molar-refractivity contribution in [2.75, 3.05) is 44.2 Å². The molecule has 0 saturated carbocycles. The highest BCUT2D eigenvalue weighted by Gasteiger charge is 2.33. The number of aromatic nitrogens is 3. The molecule has 30 heavy (non-hydrogen) atoms. The summed E-state index contributed by atoms with van der Waals surface area (Å²) in [7, 11) is 0. The lowest BCUT2D eigenvalue weighted by Crippen LogP contribution is -2.51. The van der Waals surface area contributed by atoms with E-state index in [-0.39, 0.29) is 5.92 Å². The van der Waals surface area contributed by atoms with Crippen molar-refractivity contribution in [1.82, 2.24) is 24.6 Å². The summed E-state index contributed by atoms with van der Waals surface area (Å²) in [6.07, 6.45) is 12.3. The van der Waals surface area contributed by atoms with Crippen molar-refractivity contribution in [2.24, 2.45) is 5.92 Å². The number of piperidine rings is 3. The molecule has 1 atom stereocenters. The molecule has 1 amide bonds. The third-order valence-electron chi connectivity index (χ3n) is 6.95. The largest absolute Gasteiger partial charge is 0.346 e. The van der Waals surface area contributed by atoms with Gasteiger partial charge in [-0.2, -0.15) is 0 Å². The van der Waals surface area contributed by atoms with E-state index < -0.39 is 0 Å². The smallest absolute Gasteiger partial charge is 0.227 e. The molecule has 3 fully saturated rings. The molecule has 5 rings (SSSR count). The van der Waals surface area contributed by atoms with Gasteiger partial charge in [-0.1, -0.05) is 17.8 Å². The monoisotopic (exact) mass is 428 g/mol. The van der Waals surface area contributed by atoms with E-state index in [1.54, 1.807) is 11.3 Å². The number of nitrogens with zero attached hydrogens (tertiary/aromatic N) is 6. The summed E-state index contributed by atoms with van der Waals surface area (Å²) >= 11 is 1.60. The summed E-state index contributed by atoms with van der Waals surface area (Å²) in [5.41, 5.74) is 0. The van der Waals surface area contributed by atoms with Crippen LogP contribution in [0.25, 0.3) is 5.13 Å². The molecule has 2 aromatic heterocycles. The molecule has 8 heteroatoms. The van der Waals surface area contributed by atoms with E-state index >= 15 is 0 Å². The first-order chi connectivity index (χ1) is 14.8. The van der Waals surface area contributed by atoms with Crippen LogP contribution in [-0.2, 0) is 4.79 Å². The third-order valence-corrected chi connectivity index (χ3v) is 7.95. The molecule has 0 unspecified atom stereocenters. The fourth-order valence-corrected chi connectivity index (χ4v) is 6.10. The minimum atomic E-state index is 0.0872. The van der Waals surface area contributed by atoms with Crippen molar-refractivity contribution in [3.8, 4) is 5.13 Å². The van der Waals surface area contributed by atoms with Gasteiger partial charge in [0, 0.05) is 44.6 Å². The predicted octanol–water partition coefficient (Wildman–Crippen LogP) is 3.02. The Morgan fingerprint density at radius 1 is 0.867 bits per heavy atom. The SMILES string of the molecule is O=C([C@@H]1CCCN(c2nnc(-n3cccc3)s2)C1)N1CCC(N2CCCCC2)CC1.